The van der Waals surface area contributed by atoms with Crippen LogP contribution in [-0.4, -0.2) is 64.6 Å². The van der Waals surface area contributed by atoms with Crippen LogP contribution in [0.2, 0.25) is 0 Å². The van der Waals surface area contributed by atoms with Crippen molar-refractivity contribution in [1.29, 1.82) is 0 Å². The summed E-state index contributed by atoms with van der Waals surface area (Å²) in [4.78, 5) is 22.2. The number of carboxylic acid groups (broad SMARTS) is 1. The number of hydrogen-bond acceptors (Lipinski definition) is 10. The number of nitrogens with one attached hydrogen (secondary N) is 2. The summed E-state index contributed by atoms with van der Waals surface area (Å²) >= 11 is 0. The van der Waals surface area contributed by atoms with Crippen LogP contribution < -0.4 is 20.9 Å². The maximum atomic E-state index is 12.1. The van der Waals surface area contributed by atoms with Gasteiger partial charge in [-0.05, 0) is 6.92 Å². The van der Waals surface area contributed by atoms with E-state index in [4.69, 9.17) is 26.1 Å². The van der Waals surface area contributed by atoms with Crippen molar-refractivity contribution in [1.82, 2.24) is 19.6 Å². The van der Waals surface area contributed by atoms with E-state index in [0.717, 1.165) is 6.92 Å². The highest BCUT2D eigenvalue weighted by Gasteiger charge is 2.32. The highest BCUT2D eigenvalue weighted by Crippen LogP contribution is 2.18. The van der Waals surface area contributed by atoms with Crippen LogP contribution in [0.25, 0.3) is 0 Å². The fourth-order valence-corrected chi connectivity index (χ4v) is 3.00. The number of carboxylic acids is 1. The number of carbonyl (C=O) groups excluding carboxylic acids is 1. The number of hydrogen-bond donors (Lipinski definition) is 7. The second kappa shape index (κ2) is 8.97. The molecule has 1 aromatic rings. The summed E-state index contributed by atoms with van der Waals surface area (Å²) in [7, 11) is -4.54. The fraction of sp³-hybridized carbons (Fsp3) is 0.636. The molecule has 26 heavy (non-hydrogen) atoms. The van der Waals surface area contributed by atoms with Gasteiger partial charge in [-0.15, -0.1) is 10.2 Å². The van der Waals surface area contributed by atoms with Crippen molar-refractivity contribution in [2.45, 2.75) is 37.6 Å². The molecule has 0 spiro atoms. The molecule has 0 saturated heterocycles. The van der Waals surface area contributed by atoms with Gasteiger partial charge in [0, 0.05) is 0 Å². The van der Waals surface area contributed by atoms with Crippen molar-refractivity contribution < 1.29 is 37.7 Å². The molecule has 0 saturated carbocycles. The van der Waals surface area contributed by atoms with Gasteiger partial charge in [0.2, 0.25) is 17.7 Å². The molecule has 1 aromatic heterocycles. The van der Waals surface area contributed by atoms with Crippen molar-refractivity contribution >= 4 is 22.1 Å². The zero-order valence-corrected chi connectivity index (χ0v) is 14.4. The lowest BCUT2D eigenvalue weighted by atomic mass is 10.2. The van der Waals surface area contributed by atoms with Gasteiger partial charge in [0.25, 0.3) is 10.2 Å². The Morgan fingerprint density at radius 2 is 1.85 bits per heavy atom. The number of aliphatic hydroxyl groups is 2. The zero-order valence-electron chi connectivity index (χ0n) is 13.6. The number of rotatable bonds is 11. The molecule has 0 aliphatic carbocycles. The molecule has 148 valence electrons. The average Bonchev–Trinajstić information content (AvgIpc) is 3.00. The van der Waals surface area contributed by atoms with Gasteiger partial charge in [0.05, 0.1) is 19.1 Å². The van der Waals surface area contributed by atoms with Gasteiger partial charge in [0.1, 0.15) is 18.1 Å². The molecule has 0 bridgehead atoms. The molecule has 0 aromatic carbocycles. The van der Waals surface area contributed by atoms with Gasteiger partial charge < -0.3 is 31.2 Å². The number of primary amides is 1. The third-order valence-electron chi connectivity index (χ3n) is 3.00. The van der Waals surface area contributed by atoms with E-state index in [2.05, 4.69) is 10.2 Å². The first-order chi connectivity index (χ1) is 12.0. The number of carbonyl (C=O) groups is 2. The summed E-state index contributed by atoms with van der Waals surface area (Å²) in [6.45, 7) is 0.548. The standard InChI is InChI=1S/C11H20N6O8S/c1-4(19)8(11(21)22)17-26(23,24)16-6(2-7(13)20)10-15-14-9(25-10)5(12)3-18/h4-6,8,16-19H,2-3,12H2,1H3,(H2,13,20)(H,21,22)/t4?,5-,6-,8-/m0/s1. The molecule has 9 N–H and O–H groups in total. The largest absolute Gasteiger partial charge is 0.480 e. The Hall–Kier alpha value is -2.17. The molecule has 1 unspecified atom stereocenters. The van der Waals surface area contributed by atoms with Crippen LogP contribution in [-0.2, 0) is 19.8 Å². The predicted octanol–water partition coefficient (Wildman–Crippen LogP) is -3.76. The molecular formula is C11H20N6O8S. The molecule has 14 nitrogen and oxygen atoms in total. The molecule has 1 heterocycles. The Balaban J connectivity index is 3.04. The first-order valence-electron chi connectivity index (χ1n) is 7.15. The van der Waals surface area contributed by atoms with Gasteiger partial charge in [0.15, 0.2) is 0 Å². The minimum Gasteiger partial charge on any atom is -0.480 e. The minimum atomic E-state index is -4.54. The maximum absolute atomic E-state index is 12.1. The molecule has 0 fully saturated rings. The molecule has 0 aliphatic heterocycles. The van der Waals surface area contributed by atoms with E-state index >= 15 is 0 Å². The van der Waals surface area contributed by atoms with Crippen LogP contribution in [0.3, 0.4) is 0 Å². The van der Waals surface area contributed by atoms with Gasteiger partial charge in [-0.25, -0.2) is 0 Å². The number of nitrogens with two attached hydrogens (primary N) is 2. The van der Waals surface area contributed by atoms with Crippen LogP contribution in [0.1, 0.15) is 37.2 Å². The molecule has 0 radical (unpaired) electrons. The monoisotopic (exact) mass is 396 g/mol. The van der Waals surface area contributed by atoms with E-state index in [1.807, 2.05) is 4.72 Å². The highest BCUT2D eigenvalue weighted by molar-refractivity contribution is 7.87. The third-order valence-corrected chi connectivity index (χ3v) is 4.16. The molecule has 1 rings (SSSR count). The lowest BCUT2D eigenvalue weighted by molar-refractivity contribution is -0.141. The zero-order chi connectivity index (χ0) is 20.1. The topological polar surface area (TPSA) is 244 Å². The summed E-state index contributed by atoms with van der Waals surface area (Å²) in [5.41, 5.74) is 10.5. The predicted molar refractivity (Wildman–Crippen MR) is 83.2 cm³/mol. The minimum absolute atomic E-state index is 0.212. The summed E-state index contributed by atoms with van der Waals surface area (Å²) in [6, 6.07) is -4.30. The Morgan fingerprint density at radius 3 is 2.31 bits per heavy atom. The van der Waals surface area contributed by atoms with Crippen LogP contribution in [0.5, 0.6) is 0 Å². The smallest absolute Gasteiger partial charge is 0.324 e. The lowest BCUT2D eigenvalue weighted by Gasteiger charge is -2.19. The summed E-state index contributed by atoms with van der Waals surface area (Å²) in [6.07, 6.45) is -2.14. The number of aliphatic hydroxyl groups excluding tert-OH is 2. The number of amides is 1. The quantitative estimate of drug-likeness (QED) is 0.191. The normalized spacial score (nSPS) is 16.6. The number of nitrogens with zero attached hydrogens (tertiary/aromatic N) is 2. The van der Waals surface area contributed by atoms with Gasteiger partial charge >= 0.3 is 5.97 Å². The Kier molecular flexibility index (Phi) is 7.54. The molecule has 4 atom stereocenters. The third kappa shape index (κ3) is 6.28. The van der Waals surface area contributed by atoms with Crippen LogP contribution >= 0.6 is 0 Å². The lowest BCUT2D eigenvalue weighted by Crippen LogP contribution is -2.52. The SMILES string of the molecule is CC(O)[C@H](NS(=O)(=O)N[C@@H](CC(N)=O)c1nnc([C@@H](N)CO)o1)C(=O)O. The van der Waals surface area contributed by atoms with Crippen LogP contribution in [0, 0.1) is 0 Å². The van der Waals surface area contributed by atoms with Crippen molar-refractivity contribution in [2.75, 3.05) is 6.61 Å². The maximum Gasteiger partial charge on any atom is 0.324 e. The Morgan fingerprint density at radius 1 is 1.27 bits per heavy atom. The summed E-state index contributed by atoms with van der Waals surface area (Å²) < 4.78 is 33.0. The van der Waals surface area contributed by atoms with E-state index < -0.39 is 59.3 Å². The molecule has 0 aliphatic rings. The summed E-state index contributed by atoms with van der Waals surface area (Å²) in [5.74, 6) is -3.13. The molecular weight excluding hydrogens is 376 g/mol. The molecule has 1 amide bonds. The van der Waals surface area contributed by atoms with Crippen molar-refractivity contribution in [2.24, 2.45) is 11.5 Å². The molecule has 15 heteroatoms. The van der Waals surface area contributed by atoms with E-state index in [0.29, 0.717) is 0 Å². The van der Waals surface area contributed by atoms with Crippen molar-refractivity contribution in [3.8, 4) is 0 Å². The Labute approximate surface area is 147 Å². The Bertz CT molecular complexity index is 735. The van der Waals surface area contributed by atoms with E-state index in [9.17, 15) is 23.1 Å². The fourth-order valence-electron chi connectivity index (χ4n) is 1.74. The number of aliphatic carboxylic acids is 1. The van der Waals surface area contributed by atoms with E-state index in [1.54, 1.807) is 4.72 Å². The van der Waals surface area contributed by atoms with E-state index in [1.165, 1.54) is 0 Å². The van der Waals surface area contributed by atoms with Gasteiger partial charge in [-0.2, -0.15) is 17.9 Å². The van der Waals surface area contributed by atoms with Gasteiger partial charge in [-0.1, -0.05) is 0 Å². The highest BCUT2D eigenvalue weighted by atomic mass is 32.2. The van der Waals surface area contributed by atoms with Crippen LogP contribution in [0.15, 0.2) is 4.42 Å². The van der Waals surface area contributed by atoms with E-state index in [-0.39, 0.29) is 11.8 Å². The van der Waals surface area contributed by atoms with Crippen molar-refractivity contribution in [3.05, 3.63) is 11.8 Å². The second-order valence-corrected chi connectivity index (χ2v) is 6.76. The van der Waals surface area contributed by atoms with Crippen molar-refractivity contribution in [3.63, 3.8) is 0 Å². The summed E-state index contributed by atoms with van der Waals surface area (Å²) in [5, 5.41) is 34.3. The first-order valence-corrected chi connectivity index (χ1v) is 8.63. The second-order valence-electron chi connectivity index (χ2n) is 5.29. The number of aromatic nitrogens is 2. The first kappa shape index (κ1) is 21.9. The average molecular weight is 396 g/mol. The van der Waals surface area contributed by atoms with Gasteiger partial charge in [-0.3, -0.25) is 9.59 Å². The van der Waals surface area contributed by atoms with Crippen LogP contribution in [0.4, 0.5) is 0 Å².